The van der Waals surface area contributed by atoms with Crippen LogP contribution in [0.5, 0.6) is 5.88 Å². The van der Waals surface area contributed by atoms with E-state index in [0.717, 1.165) is 10.0 Å². The molecule has 11 heteroatoms. The highest BCUT2D eigenvalue weighted by atomic mass is 79.9. The Bertz CT molecular complexity index is 1680. The zero-order chi connectivity index (χ0) is 23.3. The van der Waals surface area contributed by atoms with Crippen molar-refractivity contribution in [1.29, 1.82) is 0 Å². The number of nitrogens with zero attached hydrogens (tertiary/aromatic N) is 6. The summed E-state index contributed by atoms with van der Waals surface area (Å²) in [6.45, 7) is 0.141. The van der Waals surface area contributed by atoms with E-state index in [2.05, 4.69) is 36.1 Å². The molecule has 5 aromatic rings. The van der Waals surface area contributed by atoms with E-state index < -0.39 is 11.2 Å². The monoisotopic (exact) mass is 507 g/mol. The zero-order valence-electron chi connectivity index (χ0n) is 17.7. The molecule has 0 aliphatic carbocycles. The van der Waals surface area contributed by atoms with Crippen molar-refractivity contribution in [1.82, 2.24) is 23.7 Å². The first-order valence-electron chi connectivity index (χ1n) is 9.97. The topological polar surface area (TPSA) is 123 Å². The van der Waals surface area contributed by atoms with Crippen molar-refractivity contribution in [3.05, 3.63) is 79.4 Å². The number of hydrogen-bond donors (Lipinski definition) is 2. The maximum absolute atomic E-state index is 13.2. The number of aromatic amines is 1. The lowest BCUT2D eigenvalue weighted by molar-refractivity contribution is 0.459. The first-order valence-corrected chi connectivity index (χ1v) is 10.8. The fraction of sp³-hybridized carbons (Fsp3) is 0.136. The van der Waals surface area contributed by atoms with E-state index in [1.165, 1.54) is 13.7 Å². The second kappa shape index (κ2) is 7.85. The summed E-state index contributed by atoms with van der Waals surface area (Å²) in [7, 11) is 3.19. The van der Waals surface area contributed by atoms with Crippen LogP contribution in [0.3, 0.4) is 0 Å². The Morgan fingerprint density at radius 3 is 2.58 bits per heavy atom. The molecule has 2 aromatic carbocycles. The van der Waals surface area contributed by atoms with E-state index in [1.54, 1.807) is 26.2 Å². The van der Waals surface area contributed by atoms with E-state index in [-0.39, 0.29) is 35.2 Å². The second-order valence-corrected chi connectivity index (χ2v) is 8.49. The van der Waals surface area contributed by atoms with Gasteiger partial charge < -0.3 is 14.7 Å². The van der Waals surface area contributed by atoms with Gasteiger partial charge in [0.15, 0.2) is 16.9 Å². The maximum Gasteiger partial charge on any atom is 0.332 e. The van der Waals surface area contributed by atoms with E-state index in [9.17, 15) is 14.7 Å². The van der Waals surface area contributed by atoms with Gasteiger partial charge in [0.1, 0.15) is 0 Å². The lowest BCUT2D eigenvalue weighted by atomic mass is 10.2. The molecule has 0 radical (unpaired) electrons. The van der Waals surface area contributed by atoms with Crippen molar-refractivity contribution in [3.63, 3.8) is 0 Å². The van der Waals surface area contributed by atoms with Gasteiger partial charge in [-0.05, 0) is 23.8 Å². The Kier molecular flexibility index (Phi) is 4.97. The number of nitrogens with one attached hydrogen (secondary N) is 1. The second-order valence-electron chi connectivity index (χ2n) is 7.57. The lowest BCUT2D eigenvalue weighted by Gasteiger charge is -2.08. The Hall–Kier alpha value is -3.99. The molecule has 0 fully saturated rings. The quantitative estimate of drug-likeness (QED) is 0.358. The van der Waals surface area contributed by atoms with Crippen LogP contribution in [0.25, 0.3) is 22.1 Å². The number of aryl methyl sites for hydroxylation is 2. The Labute approximate surface area is 194 Å². The smallest absolute Gasteiger partial charge is 0.332 e. The number of rotatable bonds is 4. The molecular formula is C22H18BrN7O3. The van der Waals surface area contributed by atoms with E-state index in [0.29, 0.717) is 10.9 Å². The molecule has 2 N–H and O–H groups in total. The van der Waals surface area contributed by atoms with Gasteiger partial charge in [0, 0.05) is 24.0 Å². The number of aromatic hydroxyl groups is 1. The molecule has 0 unspecified atom stereocenters. The van der Waals surface area contributed by atoms with Crippen LogP contribution >= 0.6 is 15.9 Å². The number of imidazole rings is 1. The van der Waals surface area contributed by atoms with Crippen molar-refractivity contribution in [2.24, 2.45) is 24.3 Å². The molecule has 10 nitrogen and oxygen atoms in total. The van der Waals surface area contributed by atoms with Gasteiger partial charge in [0.25, 0.3) is 11.5 Å². The van der Waals surface area contributed by atoms with Crippen LogP contribution in [0.2, 0.25) is 0 Å². The lowest BCUT2D eigenvalue weighted by Crippen LogP contribution is -2.39. The summed E-state index contributed by atoms with van der Waals surface area (Å²) in [5, 5.41) is 19.3. The summed E-state index contributed by atoms with van der Waals surface area (Å²) in [5.74, 6) is -0.0125. The normalized spacial score (nSPS) is 11.8. The number of fused-ring (bicyclic) bond motifs is 2. The summed E-state index contributed by atoms with van der Waals surface area (Å²) in [6.07, 6.45) is 0. The van der Waals surface area contributed by atoms with Gasteiger partial charge in [-0.25, -0.2) is 4.79 Å². The highest BCUT2D eigenvalue weighted by Crippen LogP contribution is 2.37. The predicted octanol–water partition coefficient (Wildman–Crippen LogP) is 3.85. The molecule has 33 heavy (non-hydrogen) atoms. The minimum atomic E-state index is -0.475. The molecule has 0 saturated carbocycles. The summed E-state index contributed by atoms with van der Waals surface area (Å²) in [5.41, 5.74) is 1.27. The average Bonchev–Trinajstić information content (AvgIpc) is 3.30. The molecule has 0 aliphatic rings. The van der Waals surface area contributed by atoms with Crippen molar-refractivity contribution in [2.45, 2.75) is 6.54 Å². The van der Waals surface area contributed by atoms with Crippen LogP contribution in [-0.2, 0) is 20.6 Å². The highest BCUT2D eigenvalue weighted by molar-refractivity contribution is 9.10. The van der Waals surface area contributed by atoms with Gasteiger partial charge in [-0.3, -0.25) is 13.9 Å². The van der Waals surface area contributed by atoms with Gasteiger partial charge >= 0.3 is 5.69 Å². The van der Waals surface area contributed by atoms with Gasteiger partial charge in [-0.1, -0.05) is 46.3 Å². The number of H-pyrrole nitrogens is 1. The number of azo groups is 1. The van der Waals surface area contributed by atoms with Gasteiger partial charge in [0.2, 0.25) is 5.88 Å². The number of benzene rings is 2. The van der Waals surface area contributed by atoms with Gasteiger partial charge in [-0.2, -0.15) is 4.98 Å². The maximum atomic E-state index is 13.2. The summed E-state index contributed by atoms with van der Waals surface area (Å²) in [4.78, 5) is 33.3. The van der Waals surface area contributed by atoms with E-state index >= 15 is 0 Å². The van der Waals surface area contributed by atoms with E-state index in [1.807, 2.05) is 36.4 Å². The molecule has 0 spiro atoms. The molecule has 0 amide bonds. The molecular weight excluding hydrogens is 490 g/mol. The third kappa shape index (κ3) is 3.46. The molecule has 3 heterocycles. The summed E-state index contributed by atoms with van der Waals surface area (Å²) < 4.78 is 4.80. The minimum absolute atomic E-state index is 0.123. The first-order chi connectivity index (χ1) is 15.8. The average molecular weight is 508 g/mol. The largest absolute Gasteiger partial charge is 0.493 e. The molecule has 0 atom stereocenters. The van der Waals surface area contributed by atoms with Crippen molar-refractivity contribution in [2.75, 3.05) is 0 Å². The van der Waals surface area contributed by atoms with Crippen molar-refractivity contribution in [3.8, 4) is 5.88 Å². The van der Waals surface area contributed by atoms with Gasteiger partial charge in [0.05, 0.1) is 12.1 Å². The summed E-state index contributed by atoms with van der Waals surface area (Å²) in [6, 6.07) is 14.7. The highest BCUT2D eigenvalue weighted by Gasteiger charge is 2.19. The predicted molar refractivity (Wildman–Crippen MR) is 128 cm³/mol. The Balaban J connectivity index is 1.64. The fourth-order valence-corrected chi connectivity index (χ4v) is 4.12. The van der Waals surface area contributed by atoms with Crippen LogP contribution in [-0.4, -0.2) is 28.8 Å². The molecule has 166 valence electrons. The first kappa shape index (κ1) is 20.9. The molecule has 0 saturated heterocycles. The Morgan fingerprint density at radius 1 is 1.06 bits per heavy atom. The molecule has 0 bridgehead atoms. The zero-order valence-corrected chi connectivity index (χ0v) is 19.2. The summed E-state index contributed by atoms with van der Waals surface area (Å²) >= 11 is 3.41. The van der Waals surface area contributed by atoms with Gasteiger partial charge in [-0.15, -0.1) is 10.2 Å². The third-order valence-electron chi connectivity index (χ3n) is 5.47. The molecule has 3 aromatic heterocycles. The Morgan fingerprint density at radius 2 is 1.82 bits per heavy atom. The minimum Gasteiger partial charge on any atom is -0.493 e. The molecule has 5 rings (SSSR count). The van der Waals surface area contributed by atoms with Crippen LogP contribution < -0.4 is 11.2 Å². The number of halogens is 1. The SMILES string of the molecule is Cn1c(N=Nc2c(O)[nH]c3ccc(Br)cc23)nc2c1c(=O)n(Cc1ccccc1)c(=O)n2C. The number of hydrogen-bond acceptors (Lipinski definition) is 6. The van der Waals surface area contributed by atoms with Crippen molar-refractivity contribution < 1.29 is 5.11 Å². The third-order valence-corrected chi connectivity index (χ3v) is 5.97. The van der Waals surface area contributed by atoms with Crippen LogP contribution in [0.15, 0.2) is 72.8 Å². The van der Waals surface area contributed by atoms with Crippen molar-refractivity contribution >= 4 is 49.6 Å². The van der Waals surface area contributed by atoms with Crippen LogP contribution in [0.4, 0.5) is 11.6 Å². The van der Waals surface area contributed by atoms with Crippen LogP contribution in [0.1, 0.15) is 5.56 Å². The van der Waals surface area contributed by atoms with Crippen LogP contribution in [0, 0.1) is 0 Å². The fourth-order valence-electron chi connectivity index (χ4n) is 3.76. The standard InChI is InChI=1S/C22H18BrN7O3/c1-28-17-18(29(2)22(33)30(20(17)32)11-12-6-4-3-5-7-12)25-21(28)27-26-16-14-10-13(23)8-9-15(14)24-19(16)31/h3-10,24,31H,11H2,1-2H3. The number of aromatic nitrogens is 5. The van der Waals surface area contributed by atoms with E-state index in [4.69, 9.17) is 0 Å². The molecule has 0 aliphatic heterocycles.